The van der Waals surface area contributed by atoms with Crippen LogP contribution in [0.1, 0.15) is 19.3 Å². The SMILES string of the molecule is O=C(Nc1cn(CC(=O)N2CCC(O)C2)nn1)C1CC1. The van der Waals surface area contributed by atoms with Gasteiger partial charge in [-0.3, -0.25) is 9.59 Å². The first-order valence-electron chi connectivity index (χ1n) is 6.78. The molecule has 2 N–H and O–H groups in total. The lowest BCUT2D eigenvalue weighted by atomic mass is 10.3. The Kier molecular flexibility index (Phi) is 3.39. The van der Waals surface area contributed by atoms with E-state index in [1.807, 2.05) is 0 Å². The third kappa shape index (κ3) is 2.96. The second kappa shape index (κ2) is 5.20. The molecule has 3 rings (SSSR count). The van der Waals surface area contributed by atoms with Gasteiger partial charge in [-0.1, -0.05) is 5.21 Å². The van der Waals surface area contributed by atoms with Gasteiger partial charge in [0.05, 0.1) is 12.3 Å². The van der Waals surface area contributed by atoms with Crippen molar-refractivity contribution in [2.75, 3.05) is 18.4 Å². The van der Waals surface area contributed by atoms with E-state index in [1.54, 1.807) is 11.1 Å². The Morgan fingerprint density at radius 3 is 2.85 bits per heavy atom. The van der Waals surface area contributed by atoms with Crippen LogP contribution in [0.3, 0.4) is 0 Å². The number of aliphatic hydroxyl groups is 1. The van der Waals surface area contributed by atoms with Gasteiger partial charge < -0.3 is 15.3 Å². The fourth-order valence-electron chi connectivity index (χ4n) is 2.21. The Morgan fingerprint density at radius 1 is 1.40 bits per heavy atom. The summed E-state index contributed by atoms with van der Waals surface area (Å²) in [4.78, 5) is 25.1. The Hall–Kier alpha value is -1.96. The molecule has 1 saturated heterocycles. The summed E-state index contributed by atoms with van der Waals surface area (Å²) in [6.45, 7) is 1.01. The Bertz CT molecular complexity index is 525. The van der Waals surface area contributed by atoms with Crippen LogP contribution in [0.5, 0.6) is 0 Å². The average Bonchev–Trinajstić information content (AvgIpc) is 3.04. The summed E-state index contributed by atoms with van der Waals surface area (Å²) in [5.74, 6) is 0.335. The molecule has 1 aliphatic heterocycles. The van der Waals surface area contributed by atoms with Crippen molar-refractivity contribution < 1.29 is 14.7 Å². The number of β-amino-alcohol motifs (C(OH)–C–C–N with tert-alkyl or cyclic N) is 1. The van der Waals surface area contributed by atoms with Crippen LogP contribution in [0.15, 0.2) is 6.20 Å². The van der Waals surface area contributed by atoms with Crippen molar-refractivity contribution in [1.29, 1.82) is 0 Å². The van der Waals surface area contributed by atoms with E-state index in [2.05, 4.69) is 15.6 Å². The van der Waals surface area contributed by atoms with E-state index in [0.29, 0.717) is 25.3 Å². The lowest BCUT2D eigenvalue weighted by Gasteiger charge is -2.14. The van der Waals surface area contributed by atoms with Crippen LogP contribution in [0.2, 0.25) is 0 Å². The van der Waals surface area contributed by atoms with Crippen molar-refractivity contribution in [2.45, 2.75) is 31.9 Å². The maximum absolute atomic E-state index is 11.9. The Balaban J connectivity index is 1.53. The van der Waals surface area contributed by atoms with Gasteiger partial charge in [-0.05, 0) is 19.3 Å². The third-order valence-electron chi connectivity index (χ3n) is 3.55. The normalized spacial score (nSPS) is 22.1. The van der Waals surface area contributed by atoms with Gasteiger partial charge in [-0.25, -0.2) is 4.68 Å². The highest BCUT2D eigenvalue weighted by atomic mass is 16.3. The number of anilines is 1. The molecule has 1 atom stereocenters. The molecule has 2 aliphatic rings. The number of rotatable bonds is 4. The average molecular weight is 279 g/mol. The number of nitrogens with zero attached hydrogens (tertiary/aromatic N) is 4. The summed E-state index contributed by atoms with van der Waals surface area (Å²) in [6, 6.07) is 0. The van der Waals surface area contributed by atoms with Crippen molar-refractivity contribution in [1.82, 2.24) is 19.9 Å². The van der Waals surface area contributed by atoms with Gasteiger partial charge in [-0.2, -0.15) is 0 Å². The van der Waals surface area contributed by atoms with Crippen LogP contribution in [0, 0.1) is 5.92 Å². The van der Waals surface area contributed by atoms with Gasteiger partial charge in [0.25, 0.3) is 0 Å². The predicted molar refractivity (Wildman–Crippen MR) is 68.6 cm³/mol. The summed E-state index contributed by atoms with van der Waals surface area (Å²) in [7, 11) is 0. The molecule has 8 nitrogen and oxygen atoms in total. The smallest absolute Gasteiger partial charge is 0.244 e. The molecule has 1 aromatic rings. The fourth-order valence-corrected chi connectivity index (χ4v) is 2.21. The van der Waals surface area contributed by atoms with E-state index in [4.69, 9.17) is 0 Å². The Morgan fingerprint density at radius 2 is 2.20 bits per heavy atom. The van der Waals surface area contributed by atoms with Gasteiger partial charge in [0.1, 0.15) is 6.54 Å². The quantitative estimate of drug-likeness (QED) is 0.753. The van der Waals surface area contributed by atoms with Gasteiger partial charge in [0, 0.05) is 19.0 Å². The number of hydrogen-bond acceptors (Lipinski definition) is 5. The fraction of sp³-hybridized carbons (Fsp3) is 0.667. The second-order valence-corrected chi connectivity index (χ2v) is 5.35. The van der Waals surface area contributed by atoms with Crippen molar-refractivity contribution >= 4 is 17.6 Å². The first kappa shape index (κ1) is 13.0. The van der Waals surface area contributed by atoms with Crippen LogP contribution in [-0.2, 0) is 16.1 Å². The summed E-state index contributed by atoms with van der Waals surface area (Å²) >= 11 is 0. The maximum Gasteiger partial charge on any atom is 0.244 e. The van der Waals surface area contributed by atoms with E-state index in [-0.39, 0.29) is 24.3 Å². The summed E-state index contributed by atoms with van der Waals surface area (Å²) < 4.78 is 1.40. The molecule has 0 radical (unpaired) electrons. The van der Waals surface area contributed by atoms with Crippen LogP contribution in [0.25, 0.3) is 0 Å². The number of aliphatic hydroxyl groups excluding tert-OH is 1. The zero-order valence-corrected chi connectivity index (χ0v) is 11.0. The number of aromatic nitrogens is 3. The highest BCUT2D eigenvalue weighted by Gasteiger charge is 2.30. The zero-order chi connectivity index (χ0) is 14.1. The first-order valence-corrected chi connectivity index (χ1v) is 6.78. The molecule has 1 saturated carbocycles. The summed E-state index contributed by atoms with van der Waals surface area (Å²) in [5, 5.41) is 19.7. The van der Waals surface area contributed by atoms with Crippen molar-refractivity contribution in [2.24, 2.45) is 5.92 Å². The molecular formula is C12H17N5O3. The molecule has 1 unspecified atom stereocenters. The van der Waals surface area contributed by atoms with Gasteiger partial charge in [-0.15, -0.1) is 5.10 Å². The van der Waals surface area contributed by atoms with E-state index in [0.717, 1.165) is 12.8 Å². The lowest BCUT2D eigenvalue weighted by Crippen LogP contribution is -2.32. The zero-order valence-electron chi connectivity index (χ0n) is 11.0. The molecule has 1 aliphatic carbocycles. The maximum atomic E-state index is 11.9. The molecule has 2 amide bonds. The number of nitrogens with one attached hydrogen (secondary N) is 1. The minimum Gasteiger partial charge on any atom is -0.391 e. The van der Waals surface area contributed by atoms with Crippen molar-refractivity contribution in [3.8, 4) is 0 Å². The van der Waals surface area contributed by atoms with E-state index >= 15 is 0 Å². The highest BCUT2D eigenvalue weighted by molar-refractivity contribution is 5.93. The molecule has 2 fully saturated rings. The molecule has 108 valence electrons. The number of carbonyl (C=O) groups excluding carboxylic acids is 2. The number of hydrogen-bond donors (Lipinski definition) is 2. The van der Waals surface area contributed by atoms with Crippen LogP contribution >= 0.6 is 0 Å². The van der Waals surface area contributed by atoms with Gasteiger partial charge >= 0.3 is 0 Å². The molecular weight excluding hydrogens is 262 g/mol. The van der Waals surface area contributed by atoms with Crippen LogP contribution in [0.4, 0.5) is 5.82 Å². The minimum absolute atomic E-state index is 0.0361. The standard InChI is InChI=1S/C12H17N5O3/c18-9-3-4-16(5-9)11(19)7-17-6-10(14-15-17)13-12(20)8-1-2-8/h6,8-9,18H,1-5,7H2,(H,13,20). The van der Waals surface area contributed by atoms with Crippen molar-refractivity contribution in [3.63, 3.8) is 0 Å². The minimum atomic E-state index is -0.428. The topological polar surface area (TPSA) is 100 Å². The molecule has 1 aromatic heterocycles. The van der Waals surface area contributed by atoms with E-state index < -0.39 is 6.10 Å². The molecule has 20 heavy (non-hydrogen) atoms. The number of carbonyl (C=O) groups is 2. The molecule has 0 bridgehead atoms. The van der Waals surface area contributed by atoms with Crippen LogP contribution in [-0.4, -0.2) is 56.0 Å². The van der Waals surface area contributed by atoms with E-state index in [9.17, 15) is 14.7 Å². The second-order valence-electron chi connectivity index (χ2n) is 5.35. The first-order chi connectivity index (χ1) is 9.61. The third-order valence-corrected chi connectivity index (χ3v) is 3.55. The van der Waals surface area contributed by atoms with Crippen molar-refractivity contribution in [3.05, 3.63) is 6.20 Å². The van der Waals surface area contributed by atoms with Gasteiger partial charge in [0.15, 0.2) is 5.82 Å². The summed E-state index contributed by atoms with van der Waals surface area (Å²) in [5.41, 5.74) is 0. The highest BCUT2D eigenvalue weighted by Crippen LogP contribution is 2.29. The molecule has 0 aromatic carbocycles. The predicted octanol–water partition coefficient (Wildman–Crippen LogP) is -0.780. The van der Waals surface area contributed by atoms with E-state index in [1.165, 1.54) is 4.68 Å². The lowest BCUT2D eigenvalue weighted by molar-refractivity contribution is -0.131. The molecule has 8 heteroatoms. The molecule has 0 spiro atoms. The monoisotopic (exact) mass is 279 g/mol. The van der Waals surface area contributed by atoms with Gasteiger partial charge in [0.2, 0.25) is 11.8 Å². The Labute approximate surface area is 115 Å². The number of amides is 2. The van der Waals surface area contributed by atoms with Crippen LogP contribution < -0.4 is 5.32 Å². The molecule has 2 heterocycles. The largest absolute Gasteiger partial charge is 0.391 e. The summed E-state index contributed by atoms with van der Waals surface area (Å²) in [6.07, 6.45) is 3.59. The number of likely N-dealkylation sites (tertiary alicyclic amines) is 1.